The van der Waals surface area contributed by atoms with E-state index in [-0.39, 0.29) is 17.8 Å². The number of nitriles is 1. The third-order valence-electron chi connectivity index (χ3n) is 10.3. The Labute approximate surface area is 367 Å². The van der Waals surface area contributed by atoms with Crippen molar-refractivity contribution in [3.8, 4) is 17.6 Å². The monoisotopic (exact) mass is 876 g/mol. The Morgan fingerprint density at radius 2 is 1.57 bits per heavy atom. The Morgan fingerprint density at radius 1 is 0.918 bits per heavy atom. The molecule has 0 amide bonds. The van der Waals surface area contributed by atoms with Crippen molar-refractivity contribution in [1.29, 1.82) is 5.26 Å². The van der Waals surface area contributed by atoms with Gasteiger partial charge in [0.05, 0.1) is 48.0 Å². The van der Waals surface area contributed by atoms with Gasteiger partial charge in [0.2, 0.25) is 0 Å². The summed E-state index contributed by atoms with van der Waals surface area (Å²) in [5.74, 6) is -0.892. The van der Waals surface area contributed by atoms with Crippen molar-refractivity contribution in [2.45, 2.75) is 125 Å². The molecule has 13 nitrogen and oxygen atoms in total. The smallest absolute Gasteiger partial charge is 0.339 e. The number of esters is 3. The van der Waals surface area contributed by atoms with Crippen LogP contribution in [0.15, 0.2) is 60.4 Å². The van der Waals surface area contributed by atoms with Gasteiger partial charge in [-0.15, -0.1) is 0 Å². The summed E-state index contributed by atoms with van der Waals surface area (Å²) in [5, 5.41) is 15.9. The lowest BCUT2D eigenvalue weighted by molar-refractivity contribution is -0.148. The van der Waals surface area contributed by atoms with Crippen molar-refractivity contribution in [3.05, 3.63) is 77.1 Å². The largest absolute Gasteiger partial charge is 0.485 e. The van der Waals surface area contributed by atoms with Crippen LogP contribution in [0, 0.1) is 28.1 Å². The zero-order chi connectivity index (χ0) is 44.7. The van der Waals surface area contributed by atoms with Crippen LogP contribution in [-0.4, -0.2) is 65.6 Å². The van der Waals surface area contributed by atoms with Crippen molar-refractivity contribution < 1.29 is 42.4 Å². The maximum Gasteiger partial charge on any atom is 0.339 e. The molecule has 61 heavy (non-hydrogen) atoms. The Morgan fingerprint density at radius 3 is 2.25 bits per heavy atom. The maximum absolute atomic E-state index is 13.9. The summed E-state index contributed by atoms with van der Waals surface area (Å²) in [4.78, 5) is 39.5. The third-order valence-corrected chi connectivity index (χ3v) is 12.6. The summed E-state index contributed by atoms with van der Waals surface area (Å²) in [6, 6.07) is 13.2. The average Bonchev–Trinajstić information content (AvgIpc) is 3.45. The first-order valence-corrected chi connectivity index (χ1v) is 22.6. The van der Waals surface area contributed by atoms with Crippen LogP contribution in [-0.2, 0) is 33.7 Å². The standard InChI is InChI=1S/C46H61N4O9PS/c1-29(2)50(30(3)4)60(55-25-15-22-47)54-24-14-12-11-13-23-48-43(61)49-31-16-19-35-34(26-31)40(51)59-46(35)36-20-17-32(56-41(52)44(5,6)7)27-38(36)58-39-28-33(18-21-37(39)46)57-42(53)45(8,9)10/h16-21,26-30,36,38H,11-15,23-25H2,1-10H3,(H2,48,49,61). The summed E-state index contributed by atoms with van der Waals surface area (Å²) in [7, 11) is -1.24. The molecule has 3 aliphatic rings. The highest BCUT2D eigenvalue weighted by Crippen LogP contribution is 2.56. The average molecular weight is 877 g/mol. The van der Waals surface area contributed by atoms with Crippen molar-refractivity contribution >= 4 is 49.5 Å². The lowest BCUT2D eigenvalue weighted by atomic mass is 9.70. The van der Waals surface area contributed by atoms with Gasteiger partial charge in [-0.05, 0) is 131 Å². The van der Waals surface area contributed by atoms with Gasteiger partial charge in [-0.25, -0.2) is 9.46 Å². The quantitative estimate of drug-likeness (QED) is 0.0509. The van der Waals surface area contributed by atoms with E-state index in [0.717, 1.165) is 25.7 Å². The number of rotatable bonds is 17. The van der Waals surface area contributed by atoms with Gasteiger partial charge in [0.1, 0.15) is 23.4 Å². The van der Waals surface area contributed by atoms with Gasteiger partial charge >= 0.3 is 17.9 Å². The van der Waals surface area contributed by atoms with Gasteiger partial charge in [-0.1, -0.05) is 25.0 Å². The van der Waals surface area contributed by atoms with E-state index < -0.39 is 54.9 Å². The number of thiocarbonyl (C=S) groups is 1. The SMILES string of the molecule is CC(C)N(C(C)C)P(OCCC#N)OCCCCCCNC(=S)Nc1ccc2c(c1)C(=O)OC21c2ccc(OC(=O)C(C)(C)C)cc2OC2C=C(OC(=O)C(C)(C)C)C=CC21. The molecule has 0 radical (unpaired) electrons. The van der Waals surface area contributed by atoms with E-state index in [9.17, 15) is 14.4 Å². The van der Waals surface area contributed by atoms with Crippen LogP contribution in [0.2, 0.25) is 0 Å². The van der Waals surface area contributed by atoms with Crippen LogP contribution in [0.5, 0.6) is 11.5 Å². The molecular weight excluding hydrogens is 816 g/mol. The number of anilines is 1. The molecule has 4 unspecified atom stereocenters. The minimum atomic E-state index is -1.30. The first-order valence-electron chi connectivity index (χ1n) is 21.1. The lowest BCUT2D eigenvalue weighted by Crippen LogP contribution is -2.48. The second-order valence-electron chi connectivity index (χ2n) is 18.0. The van der Waals surface area contributed by atoms with Crippen molar-refractivity contribution in [2.24, 2.45) is 16.7 Å². The number of hydrogen-bond acceptors (Lipinski definition) is 12. The van der Waals surface area contributed by atoms with E-state index in [1.807, 2.05) is 18.2 Å². The van der Waals surface area contributed by atoms with E-state index in [4.69, 9.17) is 45.5 Å². The molecule has 330 valence electrons. The van der Waals surface area contributed by atoms with Crippen LogP contribution >= 0.6 is 20.7 Å². The van der Waals surface area contributed by atoms with Gasteiger partial charge in [0, 0.05) is 41.5 Å². The molecule has 2 aromatic rings. The topological polar surface area (TPSA) is 158 Å². The van der Waals surface area contributed by atoms with E-state index in [2.05, 4.69) is 49.1 Å². The van der Waals surface area contributed by atoms with Crippen LogP contribution in [0.4, 0.5) is 5.69 Å². The summed E-state index contributed by atoms with van der Waals surface area (Å²) in [6.07, 6.45) is 8.66. The van der Waals surface area contributed by atoms with Crippen LogP contribution in [0.1, 0.15) is 123 Å². The van der Waals surface area contributed by atoms with Crippen LogP contribution < -0.4 is 20.1 Å². The highest BCUT2D eigenvalue weighted by atomic mass is 32.1. The van der Waals surface area contributed by atoms with E-state index in [0.29, 0.717) is 65.2 Å². The molecule has 2 N–H and O–H groups in total. The predicted molar refractivity (Wildman–Crippen MR) is 239 cm³/mol. The number of carbonyl (C=O) groups excluding carboxylic acids is 3. The molecule has 2 heterocycles. The summed E-state index contributed by atoms with van der Waals surface area (Å²) < 4.78 is 38.8. The molecule has 15 heteroatoms. The van der Waals surface area contributed by atoms with Gasteiger partial charge in [-0.2, -0.15) is 5.26 Å². The first kappa shape index (κ1) is 47.7. The molecule has 1 spiro atoms. The minimum absolute atomic E-state index is 0.258. The van der Waals surface area contributed by atoms with Crippen molar-refractivity contribution in [3.63, 3.8) is 0 Å². The zero-order valence-corrected chi connectivity index (χ0v) is 38.8. The third kappa shape index (κ3) is 11.6. The highest BCUT2D eigenvalue weighted by molar-refractivity contribution is 7.80. The fourth-order valence-corrected chi connectivity index (χ4v) is 9.07. The molecular formula is C46H61N4O9PS. The fourth-order valence-electron chi connectivity index (χ4n) is 7.22. The number of unbranched alkanes of at least 4 members (excludes halogenated alkanes) is 3. The zero-order valence-electron chi connectivity index (χ0n) is 37.1. The Kier molecular flexibility index (Phi) is 15.8. The molecule has 2 aliphatic heterocycles. The van der Waals surface area contributed by atoms with Gasteiger partial charge in [0.15, 0.2) is 10.7 Å². The predicted octanol–water partition coefficient (Wildman–Crippen LogP) is 9.61. The normalized spacial score (nSPS) is 19.6. The highest BCUT2D eigenvalue weighted by Gasteiger charge is 2.58. The molecule has 0 bridgehead atoms. The molecule has 0 fully saturated rings. The summed E-state index contributed by atoms with van der Waals surface area (Å²) in [5.41, 5.74) is -0.555. The number of fused-ring (bicyclic) bond motifs is 6. The Balaban J connectivity index is 1.24. The molecule has 5 rings (SSSR count). The van der Waals surface area contributed by atoms with Crippen LogP contribution in [0.3, 0.4) is 0 Å². The van der Waals surface area contributed by atoms with E-state index in [1.165, 1.54) is 0 Å². The van der Waals surface area contributed by atoms with Crippen molar-refractivity contribution in [1.82, 2.24) is 9.99 Å². The molecule has 0 aromatic heterocycles. The number of hydrogen-bond donors (Lipinski definition) is 2. The van der Waals surface area contributed by atoms with Crippen molar-refractivity contribution in [2.75, 3.05) is 25.1 Å². The van der Waals surface area contributed by atoms with Gasteiger partial charge in [-0.3, -0.25) is 9.59 Å². The Hall–Kier alpha value is -4.38. The number of allylic oxidation sites excluding steroid dienone is 1. The summed E-state index contributed by atoms with van der Waals surface area (Å²) >= 11 is 5.63. The fraction of sp³-hybridized carbons (Fsp3) is 0.543. The number of nitrogens with one attached hydrogen (secondary N) is 2. The number of carbonyl (C=O) groups is 3. The second kappa shape index (κ2) is 20.2. The second-order valence-corrected chi connectivity index (χ2v) is 19.9. The van der Waals surface area contributed by atoms with E-state index in [1.54, 1.807) is 78.0 Å². The van der Waals surface area contributed by atoms with Gasteiger partial charge < -0.3 is 38.6 Å². The first-order chi connectivity index (χ1) is 28.8. The molecule has 1 aliphatic carbocycles. The molecule has 0 saturated carbocycles. The minimum Gasteiger partial charge on any atom is -0.485 e. The molecule has 0 saturated heterocycles. The lowest BCUT2D eigenvalue weighted by Gasteiger charge is -2.45. The number of nitrogens with zero attached hydrogens (tertiary/aromatic N) is 2. The Bertz CT molecular complexity index is 2040. The molecule has 4 atom stereocenters. The van der Waals surface area contributed by atoms with Crippen LogP contribution in [0.25, 0.3) is 0 Å². The van der Waals surface area contributed by atoms with E-state index >= 15 is 0 Å². The number of ether oxygens (including phenoxy) is 4. The maximum atomic E-state index is 13.9. The summed E-state index contributed by atoms with van der Waals surface area (Å²) in [6.45, 7) is 20.7. The number of benzene rings is 2. The van der Waals surface area contributed by atoms with Gasteiger partial charge in [0.25, 0.3) is 8.53 Å². The molecule has 2 aromatic carbocycles.